The van der Waals surface area contributed by atoms with Crippen molar-refractivity contribution in [1.82, 2.24) is 0 Å². The van der Waals surface area contributed by atoms with E-state index in [1.54, 1.807) is 6.92 Å². The van der Waals surface area contributed by atoms with Crippen LogP contribution in [-0.2, 0) is 15.1 Å². The van der Waals surface area contributed by atoms with Crippen molar-refractivity contribution >= 4 is 27.6 Å². The number of carbonyl (C=O) groups excluding carboxylic acids is 1. The second kappa shape index (κ2) is 6.26. The minimum atomic E-state index is -4.56. The van der Waals surface area contributed by atoms with Gasteiger partial charge in [0, 0.05) is 6.07 Å². The van der Waals surface area contributed by atoms with Gasteiger partial charge in [-0.15, -0.1) is 5.11 Å². The molecule has 8 nitrogen and oxygen atoms in total. The van der Waals surface area contributed by atoms with Gasteiger partial charge in [0.2, 0.25) is 5.91 Å². The van der Waals surface area contributed by atoms with Gasteiger partial charge in [0.05, 0.1) is 18.5 Å². The fraction of sp³-hybridized carbons (Fsp3) is 0.182. The number of aryl methyl sites for hydroxylation is 1. The van der Waals surface area contributed by atoms with Crippen LogP contribution in [0.15, 0.2) is 34.4 Å². The Morgan fingerprint density at radius 1 is 1.50 bits per heavy atom. The van der Waals surface area contributed by atoms with Gasteiger partial charge in [0.1, 0.15) is 5.75 Å². The number of hydrogen-bond donors (Lipinski definition) is 2. The summed E-state index contributed by atoms with van der Waals surface area (Å²) in [5, 5.41) is 5.93. The van der Waals surface area contributed by atoms with Crippen LogP contribution in [0.5, 0.6) is 5.75 Å². The van der Waals surface area contributed by atoms with E-state index < -0.39 is 16.2 Å². The van der Waals surface area contributed by atoms with Crippen molar-refractivity contribution < 1.29 is 22.5 Å². The van der Waals surface area contributed by atoms with Crippen molar-refractivity contribution in [2.45, 2.75) is 6.92 Å². The third-order valence-electron chi connectivity index (χ3n) is 2.21. The molecule has 1 aromatic rings. The zero-order chi connectivity index (χ0) is 15.3. The third-order valence-corrected chi connectivity index (χ3v) is 2.50. The summed E-state index contributed by atoms with van der Waals surface area (Å²) in [5.41, 5.74) is 1.08. The molecule has 2 N–H and O–H groups in total. The highest BCUT2D eigenvalue weighted by atomic mass is 32.2. The van der Waals surface area contributed by atoms with Gasteiger partial charge in [-0.1, -0.05) is 6.58 Å². The van der Waals surface area contributed by atoms with E-state index in [4.69, 9.17) is 9.29 Å². The van der Waals surface area contributed by atoms with Gasteiger partial charge in [0.25, 0.3) is 0 Å². The third kappa shape index (κ3) is 4.44. The lowest BCUT2D eigenvalue weighted by molar-refractivity contribution is -0.111. The fourth-order valence-corrected chi connectivity index (χ4v) is 1.52. The topological polar surface area (TPSA) is 117 Å². The predicted molar refractivity (Wildman–Crippen MR) is 72.6 cm³/mol. The Hall–Kier alpha value is -2.26. The number of methoxy groups -OCH3 is 1. The summed E-state index contributed by atoms with van der Waals surface area (Å²) in [4.78, 5) is 11.3. The Labute approximate surface area is 116 Å². The van der Waals surface area contributed by atoms with E-state index in [2.05, 4.69) is 21.5 Å². The number of anilines is 1. The van der Waals surface area contributed by atoms with E-state index in [-0.39, 0.29) is 11.4 Å². The number of nitrogens with zero attached hydrogens (tertiary/aromatic N) is 2. The maximum absolute atomic E-state index is 11.3. The molecule has 0 aromatic heterocycles. The van der Waals surface area contributed by atoms with Crippen molar-refractivity contribution in [3.05, 3.63) is 30.4 Å². The van der Waals surface area contributed by atoms with Gasteiger partial charge < -0.3 is 10.1 Å². The molecule has 0 saturated heterocycles. The van der Waals surface area contributed by atoms with E-state index in [0.717, 1.165) is 6.08 Å². The standard InChI is InChI=1S/C11H13N3O5S/c1-4-11(15)12-9-5-7(2)8(6-10(9)19-3)13-14-20(16,17)18/h4-6H,1H2,2-3H3,(H,12,15)(H,16,17,18). The lowest BCUT2D eigenvalue weighted by Gasteiger charge is -2.11. The molecule has 0 bridgehead atoms. The first-order valence-corrected chi connectivity index (χ1v) is 6.69. The molecule has 0 fully saturated rings. The summed E-state index contributed by atoms with van der Waals surface area (Å²) in [6, 6.07) is 2.90. The highest BCUT2D eigenvalue weighted by molar-refractivity contribution is 7.84. The second-order valence-corrected chi connectivity index (χ2v) is 4.72. The molecule has 108 valence electrons. The van der Waals surface area contributed by atoms with Gasteiger partial charge >= 0.3 is 10.3 Å². The quantitative estimate of drug-likeness (QED) is 0.490. The summed E-state index contributed by atoms with van der Waals surface area (Å²) in [7, 11) is -3.18. The SMILES string of the molecule is C=CC(=O)Nc1cc(C)c(N=NS(=O)(=O)O)cc1OC. The Bertz CT molecular complexity index is 667. The molecule has 9 heteroatoms. The molecular formula is C11H13N3O5S. The normalized spacial score (nSPS) is 11.3. The Balaban J connectivity index is 3.22. The molecule has 0 spiro atoms. The smallest absolute Gasteiger partial charge is 0.396 e. The van der Waals surface area contributed by atoms with Crippen LogP contribution in [0.2, 0.25) is 0 Å². The molecule has 0 atom stereocenters. The van der Waals surface area contributed by atoms with Crippen LogP contribution >= 0.6 is 0 Å². The van der Waals surface area contributed by atoms with Gasteiger partial charge in [-0.3, -0.25) is 9.35 Å². The molecule has 0 unspecified atom stereocenters. The van der Waals surface area contributed by atoms with Crippen LogP contribution in [0.1, 0.15) is 5.56 Å². The molecule has 1 rings (SSSR count). The highest BCUT2D eigenvalue weighted by Crippen LogP contribution is 2.33. The maximum atomic E-state index is 11.3. The van der Waals surface area contributed by atoms with E-state index >= 15 is 0 Å². The van der Waals surface area contributed by atoms with Crippen LogP contribution < -0.4 is 10.1 Å². The number of benzene rings is 1. The minimum Gasteiger partial charge on any atom is -0.494 e. The van der Waals surface area contributed by atoms with Crippen LogP contribution in [0.25, 0.3) is 0 Å². The highest BCUT2D eigenvalue weighted by Gasteiger charge is 2.10. The maximum Gasteiger partial charge on any atom is 0.396 e. The zero-order valence-electron chi connectivity index (χ0n) is 10.8. The lowest BCUT2D eigenvalue weighted by atomic mass is 10.1. The second-order valence-electron chi connectivity index (χ2n) is 3.66. The van der Waals surface area contributed by atoms with Crippen molar-refractivity contribution in [3.63, 3.8) is 0 Å². The van der Waals surface area contributed by atoms with Gasteiger partial charge in [0.15, 0.2) is 0 Å². The largest absolute Gasteiger partial charge is 0.494 e. The fourth-order valence-electron chi connectivity index (χ4n) is 1.33. The average Bonchev–Trinajstić information content (AvgIpc) is 2.36. The summed E-state index contributed by atoms with van der Waals surface area (Å²) < 4.78 is 37.4. The van der Waals surface area contributed by atoms with Crippen molar-refractivity contribution in [3.8, 4) is 5.75 Å². The molecule has 0 saturated carbocycles. The minimum absolute atomic E-state index is 0.177. The van der Waals surface area contributed by atoms with E-state index in [0.29, 0.717) is 11.3 Å². The summed E-state index contributed by atoms with van der Waals surface area (Å²) in [6.45, 7) is 4.95. The Morgan fingerprint density at radius 2 is 2.15 bits per heavy atom. The van der Waals surface area contributed by atoms with Crippen LogP contribution in [0.4, 0.5) is 11.4 Å². The number of rotatable bonds is 5. The van der Waals surface area contributed by atoms with Crippen molar-refractivity contribution in [2.24, 2.45) is 9.63 Å². The van der Waals surface area contributed by atoms with Crippen molar-refractivity contribution in [1.29, 1.82) is 0 Å². The zero-order valence-corrected chi connectivity index (χ0v) is 11.6. The lowest BCUT2D eigenvalue weighted by Crippen LogP contribution is -2.08. The Morgan fingerprint density at radius 3 is 2.65 bits per heavy atom. The number of hydrogen-bond acceptors (Lipinski definition) is 5. The first-order chi connectivity index (χ1) is 9.26. The first kappa shape index (κ1) is 15.8. The van der Waals surface area contributed by atoms with E-state index in [9.17, 15) is 13.2 Å². The molecule has 0 aliphatic rings. The van der Waals surface area contributed by atoms with Crippen LogP contribution in [-0.4, -0.2) is 26.0 Å². The number of ether oxygens (including phenoxy) is 1. The van der Waals surface area contributed by atoms with Crippen molar-refractivity contribution in [2.75, 3.05) is 12.4 Å². The summed E-state index contributed by atoms with van der Waals surface area (Å²) in [5.74, 6) is -0.162. The van der Waals surface area contributed by atoms with Gasteiger partial charge in [-0.25, -0.2) is 0 Å². The van der Waals surface area contributed by atoms with E-state index in [1.807, 2.05) is 0 Å². The van der Waals surface area contributed by atoms with Gasteiger partial charge in [-0.2, -0.15) is 8.42 Å². The van der Waals surface area contributed by atoms with E-state index in [1.165, 1.54) is 19.2 Å². The molecule has 0 aliphatic carbocycles. The van der Waals surface area contributed by atoms with Crippen LogP contribution in [0, 0.1) is 6.92 Å². The molecule has 0 radical (unpaired) electrons. The number of carbonyl (C=O) groups is 1. The summed E-state index contributed by atoms with van der Waals surface area (Å²) >= 11 is 0. The number of amides is 1. The average molecular weight is 299 g/mol. The molecular weight excluding hydrogens is 286 g/mol. The molecule has 0 heterocycles. The number of nitrogens with one attached hydrogen (secondary N) is 1. The van der Waals surface area contributed by atoms with Crippen LogP contribution in [0.3, 0.4) is 0 Å². The Kier molecular flexibility index (Phi) is 4.94. The molecule has 20 heavy (non-hydrogen) atoms. The van der Waals surface area contributed by atoms with Gasteiger partial charge in [-0.05, 0) is 29.1 Å². The summed E-state index contributed by atoms with van der Waals surface area (Å²) in [6.07, 6.45) is 1.10. The molecule has 1 amide bonds. The predicted octanol–water partition coefficient (Wildman–Crippen LogP) is 2.01. The monoisotopic (exact) mass is 299 g/mol. The molecule has 1 aromatic carbocycles. The molecule has 0 aliphatic heterocycles. The first-order valence-electron chi connectivity index (χ1n) is 5.29.